The minimum Gasteiger partial charge on any atom is -0.394 e. The molecule has 0 saturated carbocycles. The summed E-state index contributed by atoms with van der Waals surface area (Å²) < 4.78 is 39.6. The Morgan fingerprint density at radius 2 is 1.82 bits per heavy atom. The molecule has 1 aliphatic rings. The zero-order chi connectivity index (χ0) is 20.9. The van der Waals surface area contributed by atoms with Gasteiger partial charge in [-0.1, -0.05) is 47.2 Å². The molecule has 1 saturated heterocycles. The van der Waals surface area contributed by atoms with Gasteiger partial charge in [-0.3, -0.25) is 4.55 Å². The predicted molar refractivity (Wildman–Crippen MR) is 97.4 cm³/mol. The number of oxime groups is 1. The van der Waals surface area contributed by atoms with E-state index in [2.05, 4.69) is 9.44 Å². The van der Waals surface area contributed by atoms with Crippen LogP contribution in [0.5, 0.6) is 0 Å². The highest BCUT2D eigenvalue weighted by Crippen LogP contribution is 2.32. The lowest BCUT2D eigenvalue weighted by Gasteiger charge is -2.39. The van der Waals surface area contributed by atoms with Crippen LogP contribution < -0.4 is 0 Å². The number of nitrogens with zero attached hydrogens (tertiary/aromatic N) is 1. The minimum atomic E-state index is -4.92. The smallest absolute Gasteiger partial charge is 0.394 e. The van der Waals surface area contributed by atoms with Crippen molar-refractivity contribution in [2.24, 2.45) is 5.16 Å². The van der Waals surface area contributed by atoms with E-state index < -0.39 is 53.0 Å². The van der Waals surface area contributed by atoms with Gasteiger partial charge in [-0.05, 0) is 5.56 Å². The van der Waals surface area contributed by atoms with Gasteiger partial charge in [0.05, 0.1) is 12.7 Å². The molecule has 0 aromatic heterocycles. The fraction of sp³-hybridized carbons (Fsp3) is 0.533. The fourth-order valence-electron chi connectivity index (χ4n) is 2.45. The van der Waals surface area contributed by atoms with Crippen LogP contribution in [-0.4, -0.2) is 80.0 Å². The van der Waals surface area contributed by atoms with Gasteiger partial charge in [0.2, 0.25) is 0 Å². The molecule has 158 valence electrons. The molecular weight excluding hydrogens is 418 g/mol. The van der Waals surface area contributed by atoms with Crippen LogP contribution in [-0.2, 0) is 19.4 Å². The first-order valence-corrected chi connectivity index (χ1v) is 10.3. The third kappa shape index (κ3) is 6.37. The van der Waals surface area contributed by atoms with E-state index in [-0.39, 0.29) is 11.5 Å². The quantitative estimate of drug-likeness (QED) is 0.129. The number of hydrogen-bond donors (Lipinski definition) is 6. The molecule has 1 aromatic rings. The summed E-state index contributed by atoms with van der Waals surface area (Å²) in [5.41, 5.74) is -0.793. The van der Waals surface area contributed by atoms with E-state index in [9.17, 15) is 34.0 Å². The van der Waals surface area contributed by atoms with Crippen LogP contribution in [0, 0.1) is 0 Å². The van der Waals surface area contributed by atoms with Crippen molar-refractivity contribution in [3.63, 3.8) is 0 Å². The molecule has 1 aliphatic heterocycles. The summed E-state index contributed by atoms with van der Waals surface area (Å²) in [5, 5.41) is 52.3. The molecule has 11 nitrogen and oxygen atoms in total. The molecular formula is C15H21NO10S2. The van der Waals surface area contributed by atoms with Gasteiger partial charge in [0, 0.05) is 6.42 Å². The molecule has 0 aliphatic carbocycles. The Morgan fingerprint density at radius 3 is 2.39 bits per heavy atom. The van der Waals surface area contributed by atoms with Gasteiger partial charge in [-0.15, -0.1) is 0 Å². The van der Waals surface area contributed by atoms with Gasteiger partial charge in [-0.25, -0.2) is 4.28 Å². The second-order valence-corrected chi connectivity index (χ2v) is 8.11. The number of aliphatic hydroxyl groups is 5. The predicted octanol–water partition coefficient (Wildman–Crippen LogP) is -1.22. The number of benzene rings is 1. The summed E-state index contributed by atoms with van der Waals surface area (Å²) >= 11 is 0.597. The van der Waals surface area contributed by atoms with E-state index in [4.69, 9.17) is 9.29 Å². The molecule has 13 heteroatoms. The molecule has 6 N–H and O–H groups in total. The van der Waals surface area contributed by atoms with Crippen LogP contribution in [0.4, 0.5) is 0 Å². The summed E-state index contributed by atoms with van der Waals surface area (Å²) in [6, 6.07) is 8.31. The van der Waals surface area contributed by atoms with E-state index in [0.717, 1.165) is 0 Å². The second kappa shape index (κ2) is 9.96. The maximum atomic E-state index is 10.8. The molecule has 1 heterocycles. The van der Waals surface area contributed by atoms with Crippen molar-refractivity contribution in [1.29, 1.82) is 0 Å². The van der Waals surface area contributed by atoms with Gasteiger partial charge in [0.1, 0.15) is 34.9 Å². The standard InChI is InChI=1S/C15H21NO10S2/c17-7-10-12(19)13(20)14(21)15(25-10)27-11(16-26-28(22,23)24)6-9(18)8-4-2-1-3-5-8/h1-5,9-10,12-15,17-21H,6-7H2,(H,22,23,24)/t9-,10-,12-,13+,14-,15+/m0/s1. The molecule has 0 spiro atoms. The Kier molecular flexibility index (Phi) is 8.18. The molecule has 0 radical (unpaired) electrons. The van der Waals surface area contributed by atoms with Crippen molar-refractivity contribution in [3.8, 4) is 0 Å². The number of aliphatic hydroxyl groups excluding tert-OH is 5. The van der Waals surface area contributed by atoms with Crippen LogP contribution in [0.15, 0.2) is 35.5 Å². The van der Waals surface area contributed by atoms with Crippen molar-refractivity contribution < 1.29 is 47.5 Å². The van der Waals surface area contributed by atoms with Gasteiger partial charge in [0.15, 0.2) is 0 Å². The molecule has 0 bridgehead atoms. The Balaban J connectivity index is 2.19. The van der Waals surface area contributed by atoms with Crippen LogP contribution in [0.1, 0.15) is 18.1 Å². The van der Waals surface area contributed by atoms with Gasteiger partial charge in [-0.2, -0.15) is 8.42 Å². The monoisotopic (exact) mass is 439 g/mol. The van der Waals surface area contributed by atoms with Crippen LogP contribution >= 0.6 is 11.8 Å². The fourth-order valence-corrected chi connectivity index (χ4v) is 3.79. The van der Waals surface area contributed by atoms with Crippen LogP contribution in [0.3, 0.4) is 0 Å². The first kappa shape index (κ1) is 23.0. The molecule has 0 unspecified atom stereocenters. The van der Waals surface area contributed by atoms with E-state index in [1.165, 1.54) is 0 Å². The molecule has 6 atom stereocenters. The zero-order valence-corrected chi connectivity index (χ0v) is 16.0. The zero-order valence-electron chi connectivity index (χ0n) is 14.3. The van der Waals surface area contributed by atoms with Crippen LogP contribution in [0.25, 0.3) is 0 Å². The summed E-state index contributed by atoms with van der Waals surface area (Å²) in [4.78, 5) is 0. The lowest BCUT2D eigenvalue weighted by Crippen LogP contribution is -2.57. The van der Waals surface area contributed by atoms with Gasteiger partial charge < -0.3 is 30.3 Å². The van der Waals surface area contributed by atoms with Crippen molar-refractivity contribution in [3.05, 3.63) is 35.9 Å². The third-order valence-corrected chi connectivity index (χ3v) is 5.28. The van der Waals surface area contributed by atoms with Gasteiger partial charge in [0.25, 0.3) is 0 Å². The summed E-state index contributed by atoms with van der Waals surface area (Å²) in [5.74, 6) is 0. The van der Waals surface area contributed by atoms with Gasteiger partial charge >= 0.3 is 10.4 Å². The minimum absolute atomic E-state index is 0.196. The Bertz CT molecular complexity index is 757. The molecule has 0 amide bonds. The maximum absolute atomic E-state index is 10.8. The Labute approximate surface area is 165 Å². The SMILES string of the molecule is O=S(=O)(O)ON=C(C[C@H](O)c1ccccc1)S[C@H]1O[C@@H](CO)[C@H](O)[C@@H](O)[C@@H]1O. The number of thioether (sulfide) groups is 1. The van der Waals surface area contributed by atoms with Crippen molar-refractivity contribution in [2.75, 3.05) is 6.61 Å². The maximum Gasteiger partial charge on any atom is 0.466 e. The van der Waals surface area contributed by atoms with E-state index in [1.54, 1.807) is 30.3 Å². The van der Waals surface area contributed by atoms with Crippen LogP contribution in [0.2, 0.25) is 0 Å². The Hall–Kier alpha value is -1.29. The average Bonchev–Trinajstić information content (AvgIpc) is 2.66. The molecule has 2 rings (SSSR count). The van der Waals surface area contributed by atoms with E-state index >= 15 is 0 Å². The van der Waals surface area contributed by atoms with Crippen molar-refractivity contribution >= 4 is 27.2 Å². The summed E-state index contributed by atoms with van der Waals surface area (Å²) in [7, 11) is -4.92. The lowest BCUT2D eigenvalue weighted by atomic mass is 10.0. The highest BCUT2D eigenvalue weighted by Gasteiger charge is 2.44. The first-order chi connectivity index (χ1) is 13.1. The summed E-state index contributed by atoms with van der Waals surface area (Å²) in [6.07, 6.45) is -7.43. The normalized spacial score (nSPS) is 30.1. The topological polar surface area (TPSA) is 186 Å². The Morgan fingerprint density at radius 1 is 1.18 bits per heavy atom. The number of ether oxygens (including phenoxy) is 1. The summed E-state index contributed by atoms with van der Waals surface area (Å²) in [6.45, 7) is -0.650. The second-order valence-electron chi connectivity index (χ2n) is 5.93. The number of rotatable bonds is 7. The van der Waals surface area contributed by atoms with Crippen molar-refractivity contribution in [1.82, 2.24) is 0 Å². The van der Waals surface area contributed by atoms with E-state index in [0.29, 0.717) is 17.3 Å². The van der Waals surface area contributed by atoms with Crippen molar-refractivity contribution in [2.45, 2.75) is 42.4 Å². The first-order valence-electron chi connectivity index (χ1n) is 8.05. The number of hydrogen-bond acceptors (Lipinski definition) is 11. The third-order valence-electron chi connectivity index (χ3n) is 3.89. The largest absolute Gasteiger partial charge is 0.466 e. The van der Waals surface area contributed by atoms with E-state index in [1.807, 2.05) is 0 Å². The molecule has 1 aromatic carbocycles. The molecule has 1 fully saturated rings. The average molecular weight is 439 g/mol. The molecule has 28 heavy (non-hydrogen) atoms. The highest BCUT2D eigenvalue weighted by atomic mass is 32.3. The highest BCUT2D eigenvalue weighted by molar-refractivity contribution is 8.14. The lowest BCUT2D eigenvalue weighted by molar-refractivity contribution is -0.205.